The summed E-state index contributed by atoms with van der Waals surface area (Å²) in [6, 6.07) is 6.66. The predicted molar refractivity (Wildman–Crippen MR) is 56.1 cm³/mol. The van der Waals surface area contributed by atoms with E-state index < -0.39 is 0 Å². The van der Waals surface area contributed by atoms with Gasteiger partial charge in [0.2, 0.25) is 0 Å². The van der Waals surface area contributed by atoms with Gasteiger partial charge in [0, 0.05) is 16.1 Å². The lowest BCUT2D eigenvalue weighted by Gasteiger charge is -2.29. The number of hydrogen-bond acceptors (Lipinski definition) is 2. The minimum absolute atomic E-state index is 0.489. The third-order valence-corrected chi connectivity index (χ3v) is 2.89. The summed E-state index contributed by atoms with van der Waals surface area (Å²) in [5, 5.41) is 3.36. The molecule has 1 fully saturated rings. The van der Waals surface area contributed by atoms with Gasteiger partial charge in [-0.15, -0.1) is 0 Å². The monoisotopic (exact) mass is 241 g/mol. The Morgan fingerprint density at radius 3 is 2.85 bits per heavy atom. The first kappa shape index (κ1) is 9.03. The van der Waals surface area contributed by atoms with Crippen LogP contribution in [0.25, 0.3) is 0 Å². The van der Waals surface area contributed by atoms with Gasteiger partial charge in [0.05, 0.1) is 7.11 Å². The number of nitrogens with one attached hydrogen (secondary N) is 1. The predicted octanol–water partition coefficient (Wildman–Crippen LogP) is 2.49. The Morgan fingerprint density at radius 2 is 2.31 bits per heavy atom. The maximum absolute atomic E-state index is 5.31. The molecule has 2 nitrogen and oxygen atoms in total. The van der Waals surface area contributed by atoms with Gasteiger partial charge in [0.15, 0.2) is 0 Å². The van der Waals surface area contributed by atoms with Gasteiger partial charge in [-0.05, 0) is 25.1 Å². The molecule has 1 aromatic rings. The highest BCUT2D eigenvalue weighted by molar-refractivity contribution is 9.10. The fourth-order valence-corrected chi connectivity index (χ4v) is 1.87. The Kier molecular flexibility index (Phi) is 2.56. The molecule has 0 aromatic heterocycles. The van der Waals surface area contributed by atoms with Crippen molar-refractivity contribution in [3.05, 3.63) is 28.2 Å². The molecule has 0 amide bonds. The molecular formula is C10H12BrNO. The van der Waals surface area contributed by atoms with Crippen LogP contribution in [0.1, 0.15) is 18.0 Å². The highest BCUT2D eigenvalue weighted by Crippen LogP contribution is 2.32. The number of benzene rings is 1. The molecule has 3 heteroatoms. The van der Waals surface area contributed by atoms with Gasteiger partial charge in [-0.25, -0.2) is 0 Å². The number of ether oxygens (including phenoxy) is 1. The van der Waals surface area contributed by atoms with Crippen molar-refractivity contribution in [2.45, 2.75) is 12.5 Å². The van der Waals surface area contributed by atoms with Crippen LogP contribution in [-0.4, -0.2) is 13.7 Å². The average molecular weight is 242 g/mol. The first-order valence-corrected chi connectivity index (χ1v) is 5.17. The molecule has 1 aliphatic rings. The van der Waals surface area contributed by atoms with Crippen molar-refractivity contribution in [1.29, 1.82) is 0 Å². The van der Waals surface area contributed by atoms with Crippen molar-refractivity contribution < 1.29 is 4.74 Å². The SMILES string of the molecule is COc1cc(Br)ccc1[C@H]1CCN1. The summed E-state index contributed by atoms with van der Waals surface area (Å²) in [6.45, 7) is 1.11. The van der Waals surface area contributed by atoms with Crippen LogP contribution >= 0.6 is 15.9 Å². The molecule has 70 valence electrons. The summed E-state index contributed by atoms with van der Waals surface area (Å²) in [5.74, 6) is 0.964. The summed E-state index contributed by atoms with van der Waals surface area (Å²) >= 11 is 3.43. The third kappa shape index (κ3) is 1.71. The van der Waals surface area contributed by atoms with Crippen LogP contribution < -0.4 is 10.1 Å². The van der Waals surface area contributed by atoms with Crippen LogP contribution in [0, 0.1) is 0 Å². The summed E-state index contributed by atoms with van der Waals surface area (Å²) in [7, 11) is 1.71. The average Bonchev–Trinajstić information content (AvgIpc) is 2.05. The molecule has 1 aliphatic heterocycles. The Bertz CT molecular complexity index is 310. The Balaban J connectivity index is 2.32. The van der Waals surface area contributed by atoms with Crippen molar-refractivity contribution in [2.24, 2.45) is 0 Å². The first-order valence-electron chi connectivity index (χ1n) is 4.38. The second kappa shape index (κ2) is 3.68. The number of halogens is 1. The maximum Gasteiger partial charge on any atom is 0.124 e. The second-order valence-corrected chi connectivity index (χ2v) is 4.10. The molecule has 0 saturated carbocycles. The van der Waals surface area contributed by atoms with Gasteiger partial charge < -0.3 is 10.1 Å². The summed E-state index contributed by atoms with van der Waals surface area (Å²) in [5.41, 5.74) is 1.26. The minimum atomic E-state index is 0.489. The fraction of sp³-hybridized carbons (Fsp3) is 0.400. The topological polar surface area (TPSA) is 21.3 Å². The fourth-order valence-electron chi connectivity index (χ4n) is 1.53. The summed E-state index contributed by atoms with van der Waals surface area (Å²) in [6.07, 6.45) is 1.21. The van der Waals surface area contributed by atoms with Gasteiger partial charge in [0.25, 0.3) is 0 Å². The van der Waals surface area contributed by atoms with Crippen LogP contribution in [-0.2, 0) is 0 Å². The van der Waals surface area contributed by atoms with Crippen LogP contribution in [0.2, 0.25) is 0 Å². The Labute approximate surface area is 86.4 Å². The van der Waals surface area contributed by atoms with Crippen molar-refractivity contribution in [3.63, 3.8) is 0 Å². The molecule has 1 saturated heterocycles. The van der Waals surface area contributed by atoms with Crippen molar-refractivity contribution >= 4 is 15.9 Å². The molecule has 1 atom stereocenters. The van der Waals surface area contributed by atoms with Gasteiger partial charge in [-0.2, -0.15) is 0 Å². The van der Waals surface area contributed by atoms with E-state index in [0.29, 0.717) is 6.04 Å². The summed E-state index contributed by atoms with van der Waals surface area (Å²) < 4.78 is 6.38. The molecule has 1 N–H and O–H groups in total. The van der Waals surface area contributed by atoms with E-state index in [1.165, 1.54) is 12.0 Å². The van der Waals surface area contributed by atoms with Crippen LogP contribution in [0.3, 0.4) is 0 Å². The lowest BCUT2D eigenvalue weighted by atomic mass is 9.97. The van der Waals surface area contributed by atoms with E-state index >= 15 is 0 Å². The number of hydrogen-bond donors (Lipinski definition) is 1. The molecule has 13 heavy (non-hydrogen) atoms. The van der Waals surface area contributed by atoms with Crippen molar-refractivity contribution in [1.82, 2.24) is 5.32 Å². The van der Waals surface area contributed by atoms with E-state index in [0.717, 1.165) is 16.8 Å². The van der Waals surface area contributed by atoms with E-state index in [2.05, 4.69) is 33.4 Å². The molecule has 1 aromatic carbocycles. The van der Waals surface area contributed by atoms with Crippen LogP contribution in [0.5, 0.6) is 5.75 Å². The number of rotatable bonds is 2. The second-order valence-electron chi connectivity index (χ2n) is 3.18. The zero-order valence-electron chi connectivity index (χ0n) is 7.51. The zero-order valence-corrected chi connectivity index (χ0v) is 9.10. The van der Waals surface area contributed by atoms with Gasteiger partial charge >= 0.3 is 0 Å². The van der Waals surface area contributed by atoms with Crippen molar-refractivity contribution in [3.8, 4) is 5.75 Å². The van der Waals surface area contributed by atoms with Crippen LogP contribution in [0.4, 0.5) is 0 Å². The normalized spacial score (nSPS) is 20.9. The lowest BCUT2D eigenvalue weighted by molar-refractivity contribution is 0.353. The van der Waals surface area contributed by atoms with Gasteiger partial charge in [-0.3, -0.25) is 0 Å². The van der Waals surface area contributed by atoms with E-state index in [1.807, 2.05) is 6.07 Å². The third-order valence-electron chi connectivity index (χ3n) is 2.39. The molecule has 2 rings (SSSR count). The van der Waals surface area contributed by atoms with Crippen LogP contribution in [0.15, 0.2) is 22.7 Å². The molecule has 0 spiro atoms. The first-order chi connectivity index (χ1) is 6.31. The highest BCUT2D eigenvalue weighted by Gasteiger charge is 2.21. The minimum Gasteiger partial charge on any atom is -0.496 e. The maximum atomic E-state index is 5.31. The smallest absolute Gasteiger partial charge is 0.124 e. The molecular weight excluding hydrogens is 230 g/mol. The van der Waals surface area contributed by atoms with Gasteiger partial charge in [-0.1, -0.05) is 22.0 Å². The van der Waals surface area contributed by atoms with E-state index in [1.54, 1.807) is 7.11 Å². The lowest BCUT2D eigenvalue weighted by Crippen LogP contribution is -2.35. The molecule has 0 radical (unpaired) electrons. The zero-order chi connectivity index (χ0) is 9.26. The summed E-state index contributed by atoms with van der Waals surface area (Å²) in [4.78, 5) is 0. The van der Waals surface area contributed by atoms with Gasteiger partial charge in [0.1, 0.15) is 5.75 Å². The highest BCUT2D eigenvalue weighted by atomic mass is 79.9. The van der Waals surface area contributed by atoms with Crippen molar-refractivity contribution in [2.75, 3.05) is 13.7 Å². The quantitative estimate of drug-likeness (QED) is 0.860. The molecule has 0 bridgehead atoms. The molecule has 0 aliphatic carbocycles. The van der Waals surface area contributed by atoms with E-state index in [-0.39, 0.29) is 0 Å². The standard InChI is InChI=1S/C10H12BrNO/c1-13-10-6-7(11)2-3-8(10)9-4-5-12-9/h2-3,6,9,12H,4-5H2,1H3/t9-/m1/s1. The van der Waals surface area contributed by atoms with E-state index in [9.17, 15) is 0 Å². The largest absolute Gasteiger partial charge is 0.496 e. The van der Waals surface area contributed by atoms with E-state index in [4.69, 9.17) is 4.74 Å². The molecule has 0 unspecified atom stereocenters. The number of methoxy groups -OCH3 is 1. The Morgan fingerprint density at radius 1 is 1.54 bits per heavy atom. The molecule has 1 heterocycles. The Hall–Kier alpha value is -0.540.